The largest absolute Gasteiger partial charge is 0.355 e. The summed E-state index contributed by atoms with van der Waals surface area (Å²) in [5.74, 6) is 0.694. The molecule has 1 aromatic heterocycles. The van der Waals surface area contributed by atoms with Crippen molar-refractivity contribution in [2.45, 2.75) is 43.1 Å². The Bertz CT molecular complexity index is 943. The Morgan fingerprint density at radius 2 is 1.97 bits per heavy atom. The molecule has 2 atom stereocenters. The number of sulfonamides is 1. The predicted molar refractivity (Wildman–Crippen MR) is 123 cm³/mol. The van der Waals surface area contributed by atoms with E-state index in [9.17, 15) is 8.42 Å². The predicted octanol–water partition coefficient (Wildman–Crippen LogP) is 2.16. The average Bonchev–Trinajstić information content (AvgIpc) is 3.31. The normalized spacial score (nSPS) is 20.4. The summed E-state index contributed by atoms with van der Waals surface area (Å²) in [4.78, 5) is 7.73. The standard InChI is InChI=1S/C21H31N5O2S2/c1-16-13-19(15-26(16)14-18-7-5-4-6-8-18)25-21(22-3)23-11-12-24-30(27,28)20-10-9-17(2)29-20/h4-10,16,19,24H,11-15H2,1-3H3,(H2,22,23,25). The minimum absolute atomic E-state index is 0.293. The maximum Gasteiger partial charge on any atom is 0.250 e. The minimum atomic E-state index is -3.45. The number of rotatable bonds is 8. The second-order valence-electron chi connectivity index (χ2n) is 7.60. The minimum Gasteiger partial charge on any atom is -0.355 e. The lowest BCUT2D eigenvalue weighted by atomic mass is 10.2. The molecule has 1 saturated heterocycles. The molecule has 0 aliphatic carbocycles. The first-order chi connectivity index (χ1) is 14.4. The van der Waals surface area contributed by atoms with Crippen molar-refractivity contribution in [3.05, 3.63) is 52.9 Å². The second kappa shape index (κ2) is 10.4. The lowest BCUT2D eigenvalue weighted by Gasteiger charge is -2.21. The number of guanidine groups is 1. The molecule has 164 valence electrons. The first-order valence-corrected chi connectivity index (χ1v) is 12.5. The Hall–Kier alpha value is -1.94. The van der Waals surface area contributed by atoms with Crippen LogP contribution < -0.4 is 15.4 Å². The average molecular weight is 450 g/mol. The highest BCUT2D eigenvalue weighted by atomic mass is 32.2. The lowest BCUT2D eigenvalue weighted by molar-refractivity contribution is 0.258. The van der Waals surface area contributed by atoms with E-state index in [0.717, 1.165) is 24.4 Å². The van der Waals surface area contributed by atoms with Crippen molar-refractivity contribution in [2.24, 2.45) is 4.99 Å². The van der Waals surface area contributed by atoms with E-state index in [1.165, 1.54) is 16.9 Å². The number of thiophene rings is 1. The summed E-state index contributed by atoms with van der Waals surface area (Å²) < 4.78 is 27.5. The van der Waals surface area contributed by atoms with Crippen molar-refractivity contribution in [3.8, 4) is 0 Å². The number of nitrogens with zero attached hydrogens (tertiary/aromatic N) is 2. The van der Waals surface area contributed by atoms with Crippen molar-refractivity contribution < 1.29 is 8.42 Å². The van der Waals surface area contributed by atoms with Crippen LogP contribution in [0, 0.1) is 6.92 Å². The van der Waals surface area contributed by atoms with Gasteiger partial charge in [0.2, 0.25) is 10.0 Å². The summed E-state index contributed by atoms with van der Waals surface area (Å²) in [5, 5.41) is 6.67. The SMILES string of the molecule is CN=C(NCCNS(=O)(=O)c1ccc(C)s1)NC1CC(C)N(Cc2ccccc2)C1. The van der Waals surface area contributed by atoms with Gasteiger partial charge < -0.3 is 10.6 Å². The van der Waals surface area contributed by atoms with Gasteiger partial charge >= 0.3 is 0 Å². The second-order valence-corrected chi connectivity index (χ2v) is 10.9. The highest BCUT2D eigenvalue weighted by Gasteiger charge is 2.29. The van der Waals surface area contributed by atoms with Gasteiger partial charge in [-0.05, 0) is 38.0 Å². The Balaban J connectivity index is 1.42. The smallest absolute Gasteiger partial charge is 0.250 e. The summed E-state index contributed by atoms with van der Waals surface area (Å²) in [6, 6.07) is 14.8. The molecule has 1 aliphatic heterocycles. The van der Waals surface area contributed by atoms with E-state index in [2.05, 4.69) is 56.4 Å². The Labute approximate surface area is 183 Å². The molecule has 3 N–H and O–H groups in total. The number of likely N-dealkylation sites (tertiary alicyclic amines) is 1. The fourth-order valence-corrected chi connectivity index (χ4v) is 5.98. The first-order valence-electron chi connectivity index (χ1n) is 10.2. The monoisotopic (exact) mass is 449 g/mol. The number of hydrogen-bond acceptors (Lipinski definition) is 5. The molecule has 1 fully saturated rings. The molecule has 9 heteroatoms. The quantitative estimate of drug-likeness (QED) is 0.327. The maximum absolute atomic E-state index is 12.3. The van der Waals surface area contributed by atoms with Crippen molar-refractivity contribution in [3.63, 3.8) is 0 Å². The molecule has 0 radical (unpaired) electrons. The molecule has 0 saturated carbocycles. The van der Waals surface area contributed by atoms with Gasteiger partial charge in [-0.2, -0.15) is 0 Å². The number of hydrogen-bond donors (Lipinski definition) is 3. The first kappa shape index (κ1) is 22.7. The van der Waals surface area contributed by atoms with Gasteiger partial charge in [0.25, 0.3) is 0 Å². The van der Waals surface area contributed by atoms with Crippen LogP contribution in [0.3, 0.4) is 0 Å². The van der Waals surface area contributed by atoms with Crippen LogP contribution >= 0.6 is 11.3 Å². The molecule has 2 heterocycles. The van der Waals surface area contributed by atoms with Crippen LogP contribution in [0.4, 0.5) is 0 Å². The van der Waals surface area contributed by atoms with Crippen molar-refractivity contribution >= 4 is 27.3 Å². The zero-order chi connectivity index (χ0) is 21.6. The zero-order valence-electron chi connectivity index (χ0n) is 17.8. The number of benzene rings is 1. The third kappa shape index (κ3) is 6.28. The summed E-state index contributed by atoms with van der Waals surface area (Å²) in [5.41, 5.74) is 1.32. The van der Waals surface area contributed by atoms with E-state index in [1.54, 1.807) is 13.1 Å². The fourth-order valence-electron chi connectivity index (χ4n) is 3.62. The summed E-state index contributed by atoms with van der Waals surface area (Å²) in [7, 11) is -1.72. The van der Waals surface area contributed by atoms with Crippen LogP contribution in [0.25, 0.3) is 0 Å². The van der Waals surface area contributed by atoms with Gasteiger partial charge in [0.1, 0.15) is 4.21 Å². The summed E-state index contributed by atoms with van der Waals surface area (Å²) in [6.45, 7) is 6.78. The van der Waals surface area contributed by atoms with Crippen molar-refractivity contribution in [1.82, 2.24) is 20.3 Å². The Morgan fingerprint density at radius 1 is 1.20 bits per heavy atom. The van der Waals surface area contributed by atoms with E-state index in [4.69, 9.17) is 0 Å². The summed E-state index contributed by atoms with van der Waals surface area (Å²) >= 11 is 1.27. The number of aryl methyl sites for hydroxylation is 1. The van der Waals surface area contributed by atoms with Gasteiger partial charge in [0.15, 0.2) is 5.96 Å². The number of aliphatic imine (C=N–C) groups is 1. The topological polar surface area (TPSA) is 85.8 Å². The number of nitrogens with one attached hydrogen (secondary N) is 3. The maximum atomic E-state index is 12.3. The molecule has 2 unspecified atom stereocenters. The lowest BCUT2D eigenvalue weighted by Crippen LogP contribution is -2.46. The molecule has 1 aromatic carbocycles. The van der Waals surface area contributed by atoms with Crippen LogP contribution in [0.5, 0.6) is 0 Å². The molecule has 3 rings (SSSR count). The highest BCUT2D eigenvalue weighted by molar-refractivity contribution is 7.91. The van der Waals surface area contributed by atoms with Gasteiger partial charge in [-0.1, -0.05) is 30.3 Å². The van der Waals surface area contributed by atoms with Crippen LogP contribution in [0.1, 0.15) is 23.8 Å². The Morgan fingerprint density at radius 3 is 2.63 bits per heavy atom. The van der Waals surface area contributed by atoms with E-state index in [1.807, 2.05) is 19.1 Å². The molecule has 30 heavy (non-hydrogen) atoms. The molecule has 0 bridgehead atoms. The third-order valence-electron chi connectivity index (χ3n) is 5.19. The molecule has 2 aromatic rings. The molecule has 0 spiro atoms. The molecule has 0 amide bonds. The molecule has 7 nitrogen and oxygen atoms in total. The zero-order valence-corrected chi connectivity index (χ0v) is 19.4. The van der Waals surface area contributed by atoms with Gasteiger partial charge in [-0.25, -0.2) is 13.1 Å². The highest BCUT2D eigenvalue weighted by Crippen LogP contribution is 2.21. The van der Waals surface area contributed by atoms with E-state index >= 15 is 0 Å². The van der Waals surface area contributed by atoms with Crippen molar-refractivity contribution in [1.29, 1.82) is 0 Å². The Kier molecular flexibility index (Phi) is 7.87. The van der Waals surface area contributed by atoms with Gasteiger partial charge in [-0.3, -0.25) is 9.89 Å². The van der Waals surface area contributed by atoms with Crippen molar-refractivity contribution in [2.75, 3.05) is 26.7 Å². The van der Waals surface area contributed by atoms with E-state index in [-0.39, 0.29) is 0 Å². The van der Waals surface area contributed by atoms with E-state index < -0.39 is 10.0 Å². The van der Waals surface area contributed by atoms with Crippen LogP contribution in [0.15, 0.2) is 51.7 Å². The molecule has 1 aliphatic rings. The van der Waals surface area contributed by atoms with Gasteiger partial charge in [0, 0.05) is 50.2 Å². The summed E-state index contributed by atoms with van der Waals surface area (Å²) in [6.07, 6.45) is 1.04. The fraction of sp³-hybridized carbons (Fsp3) is 0.476. The molecular formula is C21H31N5O2S2. The molecular weight excluding hydrogens is 418 g/mol. The van der Waals surface area contributed by atoms with Crippen LogP contribution in [0.2, 0.25) is 0 Å². The van der Waals surface area contributed by atoms with Crippen LogP contribution in [-0.4, -0.2) is 58.0 Å². The third-order valence-corrected chi connectivity index (χ3v) is 8.14. The van der Waals surface area contributed by atoms with Crippen LogP contribution in [-0.2, 0) is 16.6 Å². The van der Waals surface area contributed by atoms with E-state index in [0.29, 0.717) is 35.3 Å². The van der Waals surface area contributed by atoms with Gasteiger partial charge in [-0.15, -0.1) is 11.3 Å². The van der Waals surface area contributed by atoms with Gasteiger partial charge in [0.05, 0.1) is 0 Å².